The van der Waals surface area contributed by atoms with Crippen molar-refractivity contribution < 1.29 is 9.90 Å². The molecule has 0 bridgehead atoms. The quantitative estimate of drug-likeness (QED) is 0.696. The van der Waals surface area contributed by atoms with Crippen molar-refractivity contribution in [2.75, 3.05) is 13.1 Å². The number of hydrogen-bond donors (Lipinski definition) is 2. The Labute approximate surface area is 109 Å². The molecule has 100 valence electrons. The van der Waals surface area contributed by atoms with Crippen LogP contribution in [0.3, 0.4) is 0 Å². The molecule has 0 atom stereocenters. The maximum Gasteiger partial charge on any atom is 0.303 e. The fourth-order valence-corrected chi connectivity index (χ4v) is 1.84. The summed E-state index contributed by atoms with van der Waals surface area (Å²) in [7, 11) is 0. The third-order valence-corrected chi connectivity index (χ3v) is 3.16. The number of carboxylic acids is 1. The van der Waals surface area contributed by atoms with E-state index in [-0.39, 0.29) is 6.42 Å². The normalized spacial score (nSPS) is 10.6. The van der Waals surface area contributed by atoms with Gasteiger partial charge in [0.05, 0.1) is 0 Å². The molecule has 1 aromatic rings. The highest BCUT2D eigenvalue weighted by Gasteiger charge is 1.98. The van der Waals surface area contributed by atoms with E-state index in [2.05, 4.69) is 37.4 Å². The van der Waals surface area contributed by atoms with Crippen LogP contribution in [0.15, 0.2) is 18.2 Å². The van der Waals surface area contributed by atoms with Crippen LogP contribution in [0.2, 0.25) is 0 Å². The summed E-state index contributed by atoms with van der Waals surface area (Å²) in [6, 6.07) is 6.58. The van der Waals surface area contributed by atoms with Crippen LogP contribution in [-0.4, -0.2) is 24.2 Å². The first kappa shape index (κ1) is 14.7. The van der Waals surface area contributed by atoms with Crippen molar-refractivity contribution in [1.82, 2.24) is 5.32 Å². The van der Waals surface area contributed by atoms with E-state index in [0.29, 0.717) is 0 Å². The van der Waals surface area contributed by atoms with E-state index in [1.807, 2.05) is 0 Å². The van der Waals surface area contributed by atoms with Gasteiger partial charge in [0.1, 0.15) is 0 Å². The molecule has 0 saturated carbocycles. The zero-order valence-electron chi connectivity index (χ0n) is 11.3. The predicted octanol–water partition coefficient (Wildman–Crippen LogP) is 2.69. The van der Waals surface area contributed by atoms with Gasteiger partial charge in [-0.25, -0.2) is 0 Å². The highest BCUT2D eigenvalue weighted by atomic mass is 16.4. The van der Waals surface area contributed by atoms with E-state index in [0.717, 1.165) is 32.4 Å². The molecule has 0 aliphatic heterocycles. The number of rotatable bonds is 8. The second-order valence-corrected chi connectivity index (χ2v) is 4.77. The summed E-state index contributed by atoms with van der Waals surface area (Å²) in [6.45, 7) is 6.12. The summed E-state index contributed by atoms with van der Waals surface area (Å²) in [6.07, 6.45) is 2.99. The van der Waals surface area contributed by atoms with Crippen molar-refractivity contribution in [3.63, 3.8) is 0 Å². The van der Waals surface area contributed by atoms with Gasteiger partial charge in [0.15, 0.2) is 0 Å². The van der Waals surface area contributed by atoms with Crippen LogP contribution in [0.1, 0.15) is 36.0 Å². The summed E-state index contributed by atoms with van der Waals surface area (Å²) in [5.41, 5.74) is 4.03. The molecule has 1 aromatic carbocycles. The topological polar surface area (TPSA) is 49.3 Å². The van der Waals surface area contributed by atoms with Gasteiger partial charge in [0.25, 0.3) is 0 Å². The molecule has 0 aromatic heterocycles. The SMILES string of the molecule is Cc1ccc(CCNCCCCC(=O)O)cc1C. The Hall–Kier alpha value is -1.35. The van der Waals surface area contributed by atoms with Crippen LogP contribution in [0.25, 0.3) is 0 Å². The lowest BCUT2D eigenvalue weighted by Gasteiger charge is -2.06. The fourth-order valence-electron chi connectivity index (χ4n) is 1.84. The average molecular weight is 249 g/mol. The lowest BCUT2D eigenvalue weighted by molar-refractivity contribution is -0.137. The molecule has 3 nitrogen and oxygen atoms in total. The second kappa shape index (κ2) is 7.88. The second-order valence-electron chi connectivity index (χ2n) is 4.77. The number of hydrogen-bond acceptors (Lipinski definition) is 2. The van der Waals surface area contributed by atoms with E-state index in [4.69, 9.17) is 5.11 Å². The monoisotopic (exact) mass is 249 g/mol. The largest absolute Gasteiger partial charge is 0.481 e. The van der Waals surface area contributed by atoms with Gasteiger partial charge >= 0.3 is 5.97 Å². The van der Waals surface area contributed by atoms with Crippen LogP contribution in [0, 0.1) is 13.8 Å². The molecule has 0 amide bonds. The van der Waals surface area contributed by atoms with E-state index in [1.54, 1.807) is 0 Å². The predicted molar refractivity (Wildman–Crippen MR) is 74.0 cm³/mol. The molecule has 2 N–H and O–H groups in total. The molecule has 18 heavy (non-hydrogen) atoms. The first-order chi connectivity index (χ1) is 8.59. The average Bonchev–Trinajstić information content (AvgIpc) is 2.32. The molecule has 0 spiro atoms. The maximum atomic E-state index is 10.3. The Balaban J connectivity index is 2.10. The lowest BCUT2D eigenvalue weighted by atomic mass is 10.0. The third kappa shape index (κ3) is 5.82. The van der Waals surface area contributed by atoms with Crippen molar-refractivity contribution in [3.8, 4) is 0 Å². The van der Waals surface area contributed by atoms with Gasteiger partial charge in [-0.1, -0.05) is 18.2 Å². The zero-order valence-corrected chi connectivity index (χ0v) is 11.3. The van der Waals surface area contributed by atoms with E-state index >= 15 is 0 Å². The first-order valence-electron chi connectivity index (χ1n) is 6.58. The number of benzene rings is 1. The number of carboxylic acid groups (broad SMARTS) is 1. The van der Waals surface area contributed by atoms with Gasteiger partial charge < -0.3 is 10.4 Å². The van der Waals surface area contributed by atoms with E-state index in [1.165, 1.54) is 16.7 Å². The van der Waals surface area contributed by atoms with Crippen molar-refractivity contribution in [2.45, 2.75) is 39.5 Å². The molecule has 0 saturated heterocycles. The number of aryl methyl sites for hydroxylation is 2. The minimum Gasteiger partial charge on any atom is -0.481 e. The van der Waals surface area contributed by atoms with Crippen molar-refractivity contribution in [2.24, 2.45) is 0 Å². The molecule has 0 fully saturated rings. The zero-order chi connectivity index (χ0) is 13.4. The van der Waals surface area contributed by atoms with Gasteiger partial charge in [-0.3, -0.25) is 4.79 Å². The third-order valence-electron chi connectivity index (χ3n) is 3.16. The van der Waals surface area contributed by atoms with Crippen molar-refractivity contribution >= 4 is 5.97 Å². The summed E-state index contributed by atoms with van der Waals surface area (Å²) in [4.78, 5) is 10.3. The fraction of sp³-hybridized carbons (Fsp3) is 0.533. The van der Waals surface area contributed by atoms with Gasteiger partial charge in [-0.15, -0.1) is 0 Å². The molecule has 0 aliphatic carbocycles. The number of unbranched alkanes of at least 4 members (excludes halogenated alkanes) is 1. The van der Waals surface area contributed by atoms with Crippen molar-refractivity contribution in [1.29, 1.82) is 0 Å². The first-order valence-corrected chi connectivity index (χ1v) is 6.58. The maximum absolute atomic E-state index is 10.3. The standard InChI is InChI=1S/C15H23NO2/c1-12-6-7-14(11-13(12)2)8-10-16-9-4-3-5-15(17)18/h6-7,11,16H,3-5,8-10H2,1-2H3,(H,17,18). The minimum absolute atomic E-state index is 0.277. The molecule has 1 rings (SSSR count). The van der Waals surface area contributed by atoms with Crippen molar-refractivity contribution in [3.05, 3.63) is 34.9 Å². The summed E-state index contributed by atoms with van der Waals surface area (Å²) >= 11 is 0. The van der Waals surface area contributed by atoms with Crippen LogP contribution in [0.4, 0.5) is 0 Å². The Morgan fingerprint density at radius 2 is 1.94 bits per heavy atom. The van der Waals surface area contributed by atoms with Gasteiger partial charge in [-0.2, -0.15) is 0 Å². The Morgan fingerprint density at radius 3 is 2.61 bits per heavy atom. The van der Waals surface area contributed by atoms with Crippen LogP contribution < -0.4 is 5.32 Å². The molecular weight excluding hydrogens is 226 g/mol. The number of carbonyl (C=O) groups is 1. The number of nitrogens with one attached hydrogen (secondary N) is 1. The summed E-state index contributed by atoms with van der Waals surface area (Å²) < 4.78 is 0. The molecule has 0 heterocycles. The summed E-state index contributed by atoms with van der Waals surface area (Å²) in [5.74, 6) is -0.704. The van der Waals surface area contributed by atoms with Crippen LogP contribution >= 0.6 is 0 Å². The molecule has 0 unspecified atom stereocenters. The highest BCUT2D eigenvalue weighted by Crippen LogP contribution is 2.09. The minimum atomic E-state index is -0.704. The molecule has 0 radical (unpaired) electrons. The summed E-state index contributed by atoms with van der Waals surface area (Å²) in [5, 5.41) is 11.8. The smallest absolute Gasteiger partial charge is 0.303 e. The molecular formula is C15H23NO2. The molecule has 3 heteroatoms. The Morgan fingerprint density at radius 1 is 1.17 bits per heavy atom. The van der Waals surface area contributed by atoms with E-state index in [9.17, 15) is 4.79 Å². The van der Waals surface area contributed by atoms with Gasteiger partial charge in [-0.05, 0) is 62.9 Å². The highest BCUT2D eigenvalue weighted by molar-refractivity contribution is 5.66. The lowest BCUT2D eigenvalue weighted by Crippen LogP contribution is -2.18. The van der Waals surface area contributed by atoms with Gasteiger partial charge in [0, 0.05) is 6.42 Å². The van der Waals surface area contributed by atoms with E-state index < -0.39 is 5.97 Å². The van der Waals surface area contributed by atoms with Crippen LogP contribution in [0.5, 0.6) is 0 Å². The Kier molecular flexibility index (Phi) is 6.44. The Bertz CT molecular complexity index is 388. The number of aliphatic carboxylic acids is 1. The molecule has 0 aliphatic rings. The van der Waals surface area contributed by atoms with Gasteiger partial charge in [0.2, 0.25) is 0 Å². The van der Waals surface area contributed by atoms with Crippen LogP contribution in [-0.2, 0) is 11.2 Å².